The van der Waals surface area contributed by atoms with E-state index >= 15 is 0 Å². The van der Waals surface area contributed by atoms with E-state index in [-0.39, 0.29) is 5.91 Å². The molecule has 0 spiro atoms. The molecule has 0 aromatic heterocycles. The molecule has 1 saturated heterocycles. The summed E-state index contributed by atoms with van der Waals surface area (Å²) in [5.74, 6) is 5.38. The zero-order valence-corrected chi connectivity index (χ0v) is 7.76. The zero-order valence-electron chi connectivity index (χ0n) is 7.76. The summed E-state index contributed by atoms with van der Waals surface area (Å²) in [6, 6.07) is 0. The number of amides is 1. The van der Waals surface area contributed by atoms with Crippen molar-refractivity contribution in [2.75, 3.05) is 13.1 Å². The number of hydrazine groups is 1. The van der Waals surface area contributed by atoms with Crippen molar-refractivity contribution in [2.24, 2.45) is 5.84 Å². The molecule has 3 N–H and O–H groups in total. The van der Waals surface area contributed by atoms with Crippen molar-refractivity contribution in [3.8, 4) is 0 Å². The van der Waals surface area contributed by atoms with Crippen LogP contribution in [0.15, 0.2) is 0 Å². The number of likely N-dealkylation sites (tertiary alicyclic amines) is 1. The molecular formula is C8H17N3O. The highest BCUT2D eigenvalue weighted by atomic mass is 16.2. The van der Waals surface area contributed by atoms with Crippen LogP contribution in [-0.2, 0) is 4.79 Å². The van der Waals surface area contributed by atoms with Crippen molar-refractivity contribution in [2.45, 2.75) is 32.2 Å². The molecule has 0 bridgehead atoms. The highest BCUT2D eigenvalue weighted by Gasteiger charge is 2.31. The van der Waals surface area contributed by atoms with Gasteiger partial charge in [-0.1, -0.05) is 0 Å². The molecular weight excluding hydrogens is 154 g/mol. The third kappa shape index (κ3) is 1.76. The molecule has 0 aliphatic carbocycles. The minimum atomic E-state index is -0.621. The third-order valence-corrected chi connectivity index (χ3v) is 2.29. The third-order valence-electron chi connectivity index (χ3n) is 2.29. The maximum atomic E-state index is 11.7. The Morgan fingerprint density at radius 1 is 1.42 bits per heavy atom. The summed E-state index contributed by atoms with van der Waals surface area (Å²) in [6.45, 7) is 5.36. The molecule has 4 heteroatoms. The summed E-state index contributed by atoms with van der Waals surface area (Å²) in [7, 11) is 0. The van der Waals surface area contributed by atoms with E-state index < -0.39 is 5.54 Å². The molecule has 1 amide bonds. The Morgan fingerprint density at radius 2 is 1.92 bits per heavy atom. The maximum absolute atomic E-state index is 11.7. The lowest BCUT2D eigenvalue weighted by Gasteiger charge is -2.28. The van der Waals surface area contributed by atoms with Crippen molar-refractivity contribution in [3.05, 3.63) is 0 Å². The SMILES string of the molecule is CC(C)(NN)C(=O)N1CCCC1. The van der Waals surface area contributed by atoms with Gasteiger partial charge >= 0.3 is 0 Å². The fourth-order valence-electron chi connectivity index (χ4n) is 1.38. The first-order chi connectivity index (χ1) is 5.58. The Labute approximate surface area is 73.1 Å². The number of rotatable bonds is 2. The second kappa shape index (κ2) is 3.41. The first-order valence-corrected chi connectivity index (χ1v) is 4.35. The van der Waals surface area contributed by atoms with E-state index in [1.165, 1.54) is 0 Å². The fraction of sp³-hybridized carbons (Fsp3) is 0.875. The minimum Gasteiger partial charge on any atom is -0.341 e. The van der Waals surface area contributed by atoms with E-state index in [0.29, 0.717) is 0 Å². The predicted molar refractivity (Wildman–Crippen MR) is 47.2 cm³/mol. The van der Waals surface area contributed by atoms with Crippen LogP contribution in [-0.4, -0.2) is 29.4 Å². The van der Waals surface area contributed by atoms with E-state index in [1.807, 2.05) is 4.90 Å². The number of nitrogens with one attached hydrogen (secondary N) is 1. The number of carbonyl (C=O) groups is 1. The quantitative estimate of drug-likeness (QED) is 0.449. The van der Waals surface area contributed by atoms with Crippen LogP contribution in [0.4, 0.5) is 0 Å². The van der Waals surface area contributed by atoms with Crippen LogP contribution < -0.4 is 11.3 Å². The second-order valence-electron chi connectivity index (χ2n) is 3.77. The van der Waals surface area contributed by atoms with Crippen LogP contribution in [0.25, 0.3) is 0 Å². The largest absolute Gasteiger partial charge is 0.341 e. The standard InChI is InChI=1S/C8H17N3O/c1-8(2,10-9)7(12)11-5-3-4-6-11/h10H,3-6,9H2,1-2H3. The van der Waals surface area contributed by atoms with E-state index in [4.69, 9.17) is 5.84 Å². The molecule has 0 saturated carbocycles. The molecule has 12 heavy (non-hydrogen) atoms. The summed E-state index contributed by atoms with van der Waals surface area (Å²) in [6.07, 6.45) is 2.23. The first-order valence-electron chi connectivity index (χ1n) is 4.35. The molecule has 1 aliphatic rings. The zero-order chi connectivity index (χ0) is 9.19. The Balaban J connectivity index is 2.56. The average Bonchev–Trinajstić information content (AvgIpc) is 2.55. The molecule has 1 fully saturated rings. The Kier molecular flexibility index (Phi) is 2.69. The van der Waals surface area contributed by atoms with Crippen LogP contribution in [0.5, 0.6) is 0 Å². The van der Waals surface area contributed by atoms with Crippen LogP contribution in [0, 0.1) is 0 Å². The summed E-state index contributed by atoms with van der Waals surface area (Å²) < 4.78 is 0. The molecule has 0 aromatic rings. The minimum absolute atomic E-state index is 0.0995. The first kappa shape index (κ1) is 9.48. The van der Waals surface area contributed by atoms with Gasteiger partial charge in [0.15, 0.2) is 0 Å². The molecule has 1 heterocycles. The number of nitrogens with two attached hydrogens (primary N) is 1. The molecule has 70 valence electrons. The summed E-state index contributed by atoms with van der Waals surface area (Å²) in [5.41, 5.74) is 1.91. The highest BCUT2D eigenvalue weighted by molar-refractivity contribution is 5.85. The maximum Gasteiger partial charge on any atom is 0.243 e. The van der Waals surface area contributed by atoms with Gasteiger partial charge in [-0.25, -0.2) is 5.43 Å². The normalized spacial score (nSPS) is 18.4. The summed E-state index contributed by atoms with van der Waals surface area (Å²) in [4.78, 5) is 13.5. The Morgan fingerprint density at radius 3 is 2.33 bits per heavy atom. The summed E-state index contributed by atoms with van der Waals surface area (Å²) in [5, 5.41) is 0. The van der Waals surface area contributed by atoms with Crippen molar-refractivity contribution in [1.82, 2.24) is 10.3 Å². The van der Waals surface area contributed by atoms with E-state index in [1.54, 1.807) is 13.8 Å². The second-order valence-corrected chi connectivity index (χ2v) is 3.77. The molecule has 0 radical (unpaired) electrons. The van der Waals surface area contributed by atoms with Gasteiger partial charge < -0.3 is 4.90 Å². The van der Waals surface area contributed by atoms with Crippen LogP contribution in [0.1, 0.15) is 26.7 Å². The van der Waals surface area contributed by atoms with Gasteiger partial charge in [-0.15, -0.1) is 0 Å². The number of hydrogen-bond donors (Lipinski definition) is 2. The van der Waals surface area contributed by atoms with Crippen molar-refractivity contribution in [3.63, 3.8) is 0 Å². The molecule has 0 atom stereocenters. The van der Waals surface area contributed by atoms with E-state index in [0.717, 1.165) is 25.9 Å². The average molecular weight is 171 g/mol. The van der Waals surface area contributed by atoms with Gasteiger partial charge in [-0.2, -0.15) is 0 Å². The van der Waals surface area contributed by atoms with Gasteiger partial charge in [0, 0.05) is 13.1 Å². The Bertz CT molecular complexity index is 173. The van der Waals surface area contributed by atoms with Gasteiger partial charge in [-0.3, -0.25) is 10.6 Å². The highest BCUT2D eigenvalue weighted by Crippen LogP contribution is 2.13. The fourth-order valence-corrected chi connectivity index (χ4v) is 1.38. The molecule has 0 aromatic carbocycles. The van der Waals surface area contributed by atoms with Gasteiger partial charge in [0.1, 0.15) is 5.54 Å². The summed E-state index contributed by atoms with van der Waals surface area (Å²) >= 11 is 0. The molecule has 0 unspecified atom stereocenters. The van der Waals surface area contributed by atoms with Gasteiger partial charge in [0.2, 0.25) is 5.91 Å². The molecule has 1 aliphatic heterocycles. The van der Waals surface area contributed by atoms with Gasteiger partial charge in [0.05, 0.1) is 0 Å². The lowest BCUT2D eigenvalue weighted by atomic mass is 10.1. The van der Waals surface area contributed by atoms with E-state index in [2.05, 4.69) is 5.43 Å². The number of hydrogen-bond acceptors (Lipinski definition) is 3. The predicted octanol–water partition coefficient (Wildman–Crippen LogP) is -0.149. The topological polar surface area (TPSA) is 58.4 Å². The number of nitrogens with zero attached hydrogens (tertiary/aromatic N) is 1. The van der Waals surface area contributed by atoms with Crippen molar-refractivity contribution < 1.29 is 4.79 Å². The lowest BCUT2D eigenvalue weighted by molar-refractivity contribution is -0.136. The van der Waals surface area contributed by atoms with Crippen molar-refractivity contribution >= 4 is 5.91 Å². The molecule has 1 rings (SSSR count). The van der Waals surface area contributed by atoms with Crippen LogP contribution >= 0.6 is 0 Å². The van der Waals surface area contributed by atoms with E-state index in [9.17, 15) is 4.79 Å². The monoisotopic (exact) mass is 171 g/mol. The van der Waals surface area contributed by atoms with Crippen LogP contribution in [0.3, 0.4) is 0 Å². The number of carbonyl (C=O) groups excluding carboxylic acids is 1. The Hall–Kier alpha value is -0.610. The van der Waals surface area contributed by atoms with Crippen LogP contribution in [0.2, 0.25) is 0 Å². The lowest BCUT2D eigenvalue weighted by Crippen LogP contribution is -2.56. The van der Waals surface area contributed by atoms with Gasteiger partial charge in [0.25, 0.3) is 0 Å². The smallest absolute Gasteiger partial charge is 0.243 e. The van der Waals surface area contributed by atoms with Crippen molar-refractivity contribution in [1.29, 1.82) is 0 Å². The van der Waals surface area contributed by atoms with Gasteiger partial charge in [-0.05, 0) is 26.7 Å². The molecule has 4 nitrogen and oxygen atoms in total.